The van der Waals surface area contributed by atoms with Crippen molar-refractivity contribution in [2.45, 2.75) is 20.4 Å². The maximum absolute atomic E-state index is 11.3. The molecule has 1 N–H and O–H groups in total. The van der Waals surface area contributed by atoms with E-state index in [9.17, 15) is 4.79 Å². The first-order valence-electron chi connectivity index (χ1n) is 4.87. The third kappa shape index (κ3) is 3.10. The molecule has 0 aliphatic rings. The molecule has 1 amide bonds. The Bertz CT molecular complexity index is 393. The monoisotopic (exact) mass is 202 g/mol. The Balaban J connectivity index is 2.55. The molecule has 15 heavy (non-hydrogen) atoms. The lowest BCUT2D eigenvalue weighted by molar-refractivity contribution is -0.123. The van der Waals surface area contributed by atoms with Gasteiger partial charge in [0.25, 0.3) is 0 Å². The van der Waals surface area contributed by atoms with Crippen LogP contribution in [0.15, 0.2) is 24.3 Å². The van der Waals surface area contributed by atoms with Crippen LogP contribution in [0, 0.1) is 24.2 Å². The number of benzene rings is 1. The summed E-state index contributed by atoms with van der Waals surface area (Å²) in [6.07, 6.45) is 0. The standard InChI is InChI=1S/C12H14N2O/c1-9-5-3-4-6-11(9)8-14-12(15)10(2)7-13/h3-6,10H,8H2,1-2H3,(H,14,15). The van der Waals surface area contributed by atoms with Crippen LogP contribution in [-0.4, -0.2) is 5.91 Å². The van der Waals surface area contributed by atoms with Crippen molar-refractivity contribution in [1.29, 1.82) is 5.26 Å². The zero-order valence-corrected chi connectivity index (χ0v) is 8.95. The van der Waals surface area contributed by atoms with Gasteiger partial charge in [-0.25, -0.2) is 0 Å². The fourth-order valence-corrected chi connectivity index (χ4v) is 1.20. The fourth-order valence-electron chi connectivity index (χ4n) is 1.20. The molecule has 1 atom stereocenters. The van der Waals surface area contributed by atoms with Crippen molar-refractivity contribution in [3.63, 3.8) is 0 Å². The van der Waals surface area contributed by atoms with Crippen molar-refractivity contribution in [2.75, 3.05) is 0 Å². The molecule has 3 heteroatoms. The van der Waals surface area contributed by atoms with Gasteiger partial charge in [0, 0.05) is 6.54 Å². The summed E-state index contributed by atoms with van der Waals surface area (Å²) in [6.45, 7) is 4.07. The van der Waals surface area contributed by atoms with E-state index in [1.807, 2.05) is 37.3 Å². The number of aryl methyl sites for hydroxylation is 1. The van der Waals surface area contributed by atoms with E-state index in [1.165, 1.54) is 0 Å². The third-order valence-corrected chi connectivity index (χ3v) is 2.30. The van der Waals surface area contributed by atoms with Crippen LogP contribution >= 0.6 is 0 Å². The smallest absolute Gasteiger partial charge is 0.237 e. The van der Waals surface area contributed by atoms with E-state index in [1.54, 1.807) is 6.92 Å². The minimum absolute atomic E-state index is 0.222. The summed E-state index contributed by atoms with van der Waals surface area (Å²) in [7, 11) is 0. The van der Waals surface area contributed by atoms with Gasteiger partial charge in [0.15, 0.2) is 0 Å². The van der Waals surface area contributed by atoms with Gasteiger partial charge in [-0.2, -0.15) is 5.26 Å². The van der Waals surface area contributed by atoms with Gasteiger partial charge in [0.05, 0.1) is 6.07 Å². The Kier molecular flexibility index (Phi) is 3.87. The van der Waals surface area contributed by atoms with Crippen molar-refractivity contribution in [1.82, 2.24) is 5.32 Å². The number of carbonyl (C=O) groups is 1. The zero-order chi connectivity index (χ0) is 11.3. The summed E-state index contributed by atoms with van der Waals surface area (Å²) in [5.74, 6) is -0.810. The molecule has 0 radical (unpaired) electrons. The van der Waals surface area contributed by atoms with Crippen LogP contribution in [0.2, 0.25) is 0 Å². The van der Waals surface area contributed by atoms with Gasteiger partial charge >= 0.3 is 0 Å². The molecule has 0 bridgehead atoms. The summed E-state index contributed by atoms with van der Waals surface area (Å²) in [4.78, 5) is 11.3. The zero-order valence-electron chi connectivity index (χ0n) is 8.95. The highest BCUT2D eigenvalue weighted by atomic mass is 16.1. The van der Waals surface area contributed by atoms with Gasteiger partial charge in [-0.05, 0) is 25.0 Å². The molecular formula is C12H14N2O. The highest BCUT2D eigenvalue weighted by Crippen LogP contribution is 2.06. The largest absolute Gasteiger partial charge is 0.351 e. The number of nitriles is 1. The van der Waals surface area contributed by atoms with Crippen LogP contribution in [0.1, 0.15) is 18.1 Å². The van der Waals surface area contributed by atoms with Gasteiger partial charge in [-0.1, -0.05) is 24.3 Å². The Hall–Kier alpha value is -1.82. The van der Waals surface area contributed by atoms with E-state index in [0.717, 1.165) is 11.1 Å². The van der Waals surface area contributed by atoms with Crippen molar-refractivity contribution < 1.29 is 4.79 Å². The molecule has 0 fully saturated rings. The van der Waals surface area contributed by atoms with Crippen molar-refractivity contribution in [2.24, 2.45) is 5.92 Å². The maximum Gasteiger partial charge on any atom is 0.237 e. The number of amides is 1. The average Bonchev–Trinajstić information content (AvgIpc) is 2.26. The SMILES string of the molecule is Cc1ccccc1CNC(=O)C(C)C#N. The van der Waals surface area contributed by atoms with Crippen molar-refractivity contribution >= 4 is 5.91 Å². The summed E-state index contributed by atoms with van der Waals surface area (Å²) < 4.78 is 0. The molecule has 0 saturated carbocycles. The molecule has 1 rings (SSSR count). The highest BCUT2D eigenvalue weighted by molar-refractivity contribution is 5.80. The molecule has 0 heterocycles. The van der Waals surface area contributed by atoms with E-state index in [0.29, 0.717) is 6.54 Å². The van der Waals surface area contributed by atoms with Crippen LogP contribution in [0.3, 0.4) is 0 Å². The van der Waals surface area contributed by atoms with E-state index >= 15 is 0 Å². The quantitative estimate of drug-likeness (QED) is 0.812. The Morgan fingerprint density at radius 1 is 1.53 bits per heavy atom. The van der Waals surface area contributed by atoms with Crippen molar-refractivity contribution in [3.05, 3.63) is 35.4 Å². The lowest BCUT2D eigenvalue weighted by Crippen LogP contribution is -2.28. The number of nitrogens with one attached hydrogen (secondary N) is 1. The molecule has 78 valence electrons. The van der Waals surface area contributed by atoms with Gasteiger partial charge in [-0.3, -0.25) is 4.79 Å². The summed E-state index contributed by atoms with van der Waals surface area (Å²) in [5, 5.41) is 11.3. The van der Waals surface area contributed by atoms with Crippen LogP contribution in [0.25, 0.3) is 0 Å². The van der Waals surface area contributed by atoms with Crippen LogP contribution in [0.4, 0.5) is 0 Å². The summed E-state index contributed by atoms with van der Waals surface area (Å²) >= 11 is 0. The molecule has 1 unspecified atom stereocenters. The van der Waals surface area contributed by atoms with Gasteiger partial charge in [0.1, 0.15) is 5.92 Å². The Morgan fingerprint density at radius 3 is 2.80 bits per heavy atom. The van der Waals surface area contributed by atoms with Gasteiger partial charge in [0.2, 0.25) is 5.91 Å². The van der Waals surface area contributed by atoms with E-state index in [-0.39, 0.29) is 5.91 Å². The van der Waals surface area contributed by atoms with Gasteiger partial charge < -0.3 is 5.32 Å². The highest BCUT2D eigenvalue weighted by Gasteiger charge is 2.10. The Labute approximate surface area is 89.7 Å². The molecule has 0 aliphatic carbocycles. The second-order valence-electron chi connectivity index (χ2n) is 3.50. The predicted molar refractivity (Wildman–Crippen MR) is 57.8 cm³/mol. The Morgan fingerprint density at radius 2 is 2.20 bits per heavy atom. The number of rotatable bonds is 3. The first kappa shape index (κ1) is 11.3. The molecule has 0 aliphatic heterocycles. The maximum atomic E-state index is 11.3. The normalized spacial score (nSPS) is 11.5. The van der Waals surface area contributed by atoms with Crippen LogP contribution in [-0.2, 0) is 11.3 Å². The summed E-state index contributed by atoms with van der Waals surface area (Å²) in [5.41, 5.74) is 2.22. The first-order chi connectivity index (χ1) is 7.15. The molecular weight excluding hydrogens is 188 g/mol. The summed E-state index contributed by atoms with van der Waals surface area (Å²) in [6, 6.07) is 9.75. The average molecular weight is 202 g/mol. The topological polar surface area (TPSA) is 52.9 Å². The van der Waals surface area contributed by atoms with Crippen LogP contribution < -0.4 is 5.32 Å². The molecule has 1 aromatic carbocycles. The molecule has 0 aromatic heterocycles. The fraction of sp³-hybridized carbons (Fsp3) is 0.333. The number of carbonyl (C=O) groups excluding carboxylic acids is 1. The molecule has 0 saturated heterocycles. The van der Waals surface area contributed by atoms with Crippen LogP contribution in [0.5, 0.6) is 0 Å². The number of hydrogen-bond acceptors (Lipinski definition) is 2. The van der Waals surface area contributed by atoms with Crippen molar-refractivity contribution in [3.8, 4) is 6.07 Å². The molecule has 0 spiro atoms. The molecule has 3 nitrogen and oxygen atoms in total. The minimum Gasteiger partial charge on any atom is -0.351 e. The predicted octanol–water partition coefficient (Wildman–Crippen LogP) is 1.77. The van der Waals surface area contributed by atoms with E-state index in [4.69, 9.17) is 5.26 Å². The van der Waals surface area contributed by atoms with E-state index < -0.39 is 5.92 Å². The third-order valence-electron chi connectivity index (χ3n) is 2.30. The van der Waals surface area contributed by atoms with Gasteiger partial charge in [-0.15, -0.1) is 0 Å². The molecule has 1 aromatic rings. The number of nitrogens with zero attached hydrogens (tertiary/aromatic N) is 1. The second-order valence-corrected chi connectivity index (χ2v) is 3.50. The minimum atomic E-state index is -0.589. The second kappa shape index (κ2) is 5.16. The lowest BCUT2D eigenvalue weighted by Gasteiger charge is -2.08. The first-order valence-corrected chi connectivity index (χ1v) is 4.87. The number of hydrogen-bond donors (Lipinski definition) is 1. The lowest BCUT2D eigenvalue weighted by atomic mass is 10.1. The van der Waals surface area contributed by atoms with E-state index in [2.05, 4.69) is 5.32 Å².